The van der Waals surface area contributed by atoms with Crippen molar-refractivity contribution in [1.29, 1.82) is 0 Å². The van der Waals surface area contributed by atoms with Gasteiger partial charge in [-0.3, -0.25) is 0 Å². The molecule has 3 unspecified atom stereocenters. The molecule has 1 aromatic heterocycles. The van der Waals surface area contributed by atoms with Gasteiger partial charge in [-0.15, -0.1) is 0 Å². The van der Waals surface area contributed by atoms with E-state index in [4.69, 9.17) is 4.74 Å². The molecule has 1 N–H and O–H groups in total. The molecule has 0 aromatic carbocycles. The van der Waals surface area contributed by atoms with Gasteiger partial charge in [0.2, 0.25) is 5.88 Å². The largest absolute Gasteiger partial charge is 0.478 e. The lowest BCUT2D eigenvalue weighted by molar-refractivity contribution is 0.304. The van der Waals surface area contributed by atoms with Gasteiger partial charge in [-0.1, -0.05) is 13.8 Å². The van der Waals surface area contributed by atoms with E-state index in [1.165, 1.54) is 0 Å². The Balaban J connectivity index is 1.78. The Bertz CT molecular complexity index is 453. The molecule has 1 aromatic rings. The second kappa shape index (κ2) is 5.95. The summed E-state index contributed by atoms with van der Waals surface area (Å²) in [4.78, 5) is 11.1. The second-order valence-electron chi connectivity index (χ2n) is 5.77. The summed E-state index contributed by atoms with van der Waals surface area (Å²) in [5, 5.41) is 3.52. The van der Waals surface area contributed by atoms with Gasteiger partial charge in [0.25, 0.3) is 0 Å². The molecule has 2 fully saturated rings. The molecular weight excluding hydrogens is 252 g/mol. The predicted octanol–water partition coefficient (Wildman–Crippen LogP) is 1.70. The van der Waals surface area contributed by atoms with Crippen LogP contribution in [0.4, 0.5) is 5.82 Å². The van der Waals surface area contributed by atoms with E-state index in [1.54, 1.807) is 6.33 Å². The van der Waals surface area contributed by atoms with Gasteiger partial charge in [0.05, 0.1) is 6.61 Å². The standard InChI is InChI=1S/C15H24N4O/c1-3-5-20-15-6-14(17-10-18-15)19-9-11-7-16-8-12(11)13(19)4-2/h6,10-13,16H,3-5,7-9H2,1-2H3. The van der Waals surface area contributed by atoms with E-state index in [9.17, 15) is 0 Å². The maximum atomic E-state index is 5.63. The Kier molecular flexibility index (Phi) is 4.05. The van der Waals surface area contributed by atoms with Crippen LogP contribution in [-0.2, 0) is 0 Å². The molecule has 0 bridgehead atoms. The van der Waals surface area contributed by atoms with E-state index in [2.05, 4.69) is 34.0 Å². The predicted molar refractivity (Wildman–Crippen MR) is 79.1 cm³/mol. The molecule has 20 heavy (non-hydrogen) atoms. The van der Waals surface area contributed by atoms with Crippen LogP contribution in [0, 0.1) is 11.8 Å². The summed E-state index contributed by atoms with van der Waals surface area (Å²) in [6.07, 6.45) is 3.79. The zero-order chi connectivity index (χ0) is 13.9. The van der Waals surface area contributed by atoms with Gasteiger partial charge in [-0.2, -0.15) is 0 Å². The highest BCUT2D eigenvalue weighted by molar-refractivity contribution is 5.44. The van der Waals surface area contributed by atoms with Crippen LogP contribution in [0.2, 0.25) is 0 Å². The van der Waals surface area contributed by atoms with Crippen LogP contribution in [0.15, 0.2) is 12.4 Å². The molecule has 110 valence electrons. The summed E-state index contributed by atoms with van der Waals surface area (Å²) in [6, 6.07) is 2.58. The van der Waals surface area contributed by atoms with Crippen molar-refractivity contribution in [2.75, 3.05) is 31.1 Å². The molecule has 2 aliphatic rings. The third-order valence-electron chi connectivity index (χ3n) is 4.51. The minimum atomic E-state index is 0.587. The minimum absolute atomic E-state index is 0.587. The van der Waals surface area contributed by atoms with Crippen LogP contribution < -0.4 is 15.0 Å². The molecule has 0 aliphatic carbocycles. The molecule has 5 heteroatoms. The Morgan fingerprint density at radius 1 is 1.35 bits per heavy atom. The molecule has 3 heterocycles. The fourth-order valence-electron chi connectivity index (χ4n) is 3.58. The number of anilines is 1. The molecule has 0 saturated carbocycles. The zero-order valence-electron chi connectivity index (χ0n) is 12.4. The van der Waals surface area contributed by atoms with Crippen molar-refractivity contribution in [3.8, 4) is 5.88 Å². The second-order valence-corrected chi connectivity index (χ2v) is 5.77. The van der Waals surface area contributed by atoms with Crippen molar-refractivity contribution in [2.45, 2.75) is 32.7 Å². The molecular formula is C15H24N4O. The van der Waals surface area contributed by atoms with Crippen LogP contribution >= 0.6 is 0 Å². The molecule has 2 aliphatic heterocycles. The lowest BCUT2D eigenvalue weighted by atomic mass is 9.93. The number of fused-ring (bicyclic) bond motifs is 1. The minimum Gasteiger partial charge on any atom is -0.478 e. The van der Waals surface area contributed by atoms with Gasteiger partial charge in [0.1, 0.15) is 12.1 Å². The Labute approximate surface area is 120 Å². The maximum absolute atomic E-state index is 5.63. The molecule has 5 nitrogen and oxygen atoms in total. The summed E-state index contributed by atoms with van der Waals surface area (Å²) in [6.45, 7) is 8.47. The van der Waals surface area contributed by atoms with E-state index >= 15 is 0 Å². The molecule has 0 radical (unpaired) electrons. The van der Waals surface area contributed by atoms with Crippen molar-refractivity contribution >= 4 is 5.82 Å². The Morgan fingerprint density at radius 3 is 3.05 bits per heavy atom. The normalized spacial score (nSPS) is 28.7. The molecule has 3 atom stereocenters. The van der Waals surface area contributed by atoms with Crippen molar-refractivity contribution < 1.29 is 4.74 Å². The third-order valence-corrected chi connectivity index (χ3v) is 4.51. The highest BCUT2D eigenvalue weighted by Gasteiger charge is 2.43. The van der Waals surface area contributed by atoms with E-state index in [-0.39, 0.29) is 0 Å². The number of nitrogens with one attached hydrogen (secondary N) is 1. The number of aromatic nitrogens is 2. The summed E-state index contributed by atoms with van der Waals surface area (Å²) in [5.74, 6) is 3.24. The summed E-state index contributed by atoms with van der Waals surface area (Å²) < 4.78 is 5.63. The summed E-state index contributed by atoms with van der Waals surface area (Å²) >= 11 is 0. The van der Waals surface area contributed by atoms with Gasteiger partial charge in [0.15, 0.2) is 0 Å². The van der Waals surface area contributed by atoms with Crippen LogP contribution in [0.3, 0.4) is 0 Å². The van der Waals surface area contributed by atoms with Gasteiger partial charge in [-0.05, 0) is 24.7 Å². The first kappa shape index (κ1) is 13.6. The fourth-order valence-corrected chi connectivity index (χ4v) is 3.58. The SMILES string of the molecule is CCCOc1cc(N2CC3CNCC3C2CC)ncn1. The average Bonchev–Trinajstić information content (AvgIpc) is 3.05. The first-order chi connectivity index (χ1) is 9.83. The topological polar surface area (TPSA) is 50.3 Å². The molecule has 3 rings (SSSR count). The average molecular weight is 276 g/mol. The maximum Gasteiger partial charge on any atom is 0.218 e. The highest BCUT2D eigenvalue weighted by Crippen LogP contribution is 2.37. The Morgan fingerprint density at radius 2 is 2.25 bits per heavy atom. The van der Waals surface area contributed by atoms with Crippen LogP contribution in [-0.4, -0.2) is 42.3 Å². The number of hydrogen-bond acceptors (Lipinski definition) is 5. The quantitative estimate of drug-likeness (QED) is 0.887. The summed E-state index contributed by atoms with van der Waals surface area (Å²) in [7, 11) is 0. The van der Waals surface area contributed by atoms with E-state index in [0.29, 0.717) is 18.5 Å². The number of ether oxygens (including phenoxy) is 1. The van der Waals surface area contributed by atoms with Crippen molar-refractivity contribution in [1.82, 2.24) is 15.3 Å². The van der Waals surface area contributed by atoms with E-state index in [0.717, 1.165) is 50.1 Å². The third kappa shape index (κ3) is 2.46. The van der Waals surface area contributed by atoms with E-state index < -0.39 is 0 Å². The zero-order valence-corrected chi connectivity index (χ0v) is 12.4. The van der Waals surface area contributed by atoms with Crippen molar-refractivity contribution in [3.05, 3.63) is 12.4 Å². The smallest absolute Gasteiger partial charge is 0.218 e. The molecule has 2 saturated heterocycles. The number of rotatable bonds is 5. The first-order valence-corrected chi connectivity index (χ1v) is 7.75. The first-order valence-electron chi connectivity index (χ1n) is 7.75. The lowest BCUT2D eigenvalue weighted by Gasteiger charge is -2.27. The number of hydrogen-bond donors (Lipinski definition) is 1. The van der Waals surface area contributed by atoms with Gasteiger partial charge in [0, 0.05) is 31.7 Å². The van der Waals surface area contributed by atoms with Crippen molar-refractivity contribution in [3.63, 3.8) is 0 Å². The van der Waals surface area contributed by atoms with Crippen LogP contribution in [0.1, 0.15) is 26.7 Å². The molecule has 0 amide bonds. The highest BCUT2D eigenvalue weighted by atomic mass is 16.5. The fraction of sp³-hybridized carbons (Fsp3) is 0.733. The van der Waals surface area contributed by atoms with Gasteiger partial charge in [-0.25, -0.2) is 9.97 Å². The van der Waals surface area contributed by atoms with Gasteiger partial charge < -0.3 is 15.0 Å². The summed E-state index contributed by atoms with van der Waals surface area (Å²) in [5.41, 5.74) is 0. The van der Waals surface area contributed by atoms with Crippen molar-refractivity contribution in [2.24, 2.45) is 11.8 Å². The molecule has 0 spiro atoms. The van der Waals surface area contributed by atoms with Gasteiger partial charge >= 0.3 is 0 Å². The van der Waals surface area contributed by atoms with Crippen LogP contribution in [0.25, 0.3) is 0 Å². The Hall–Kier alpha value is -1.36. The van der Waals surface area contributed by atoms with Crippen LogP contribution in [0.5, 0.6) is 5.88 Å². The number of nitrogens with zero attached hydrogens (tertiary/aromatic N) is 3. The lowest BCUT2D eigenvalue weighted by Crippen LogP contribution is -2.35. The monoisotopic (exact) mass is 276 g/mol. The van der Waals surface area contributed by atoms with E-state index in [1.807, 2.05) is 6.07 Å².